The Bertz CT molecular complexity index is 615. The van der Waals surface area contributed by atoms with Crippen LogP contribution < -0.4 is 0 Å². The van der Waals surface area contributed by atoms with Crippen LogP contribution in [0.1, 0.15) is 28.7 Å². The predicted octanol–water partition coefficient (Wildman–Crippen LogP) is 2.29. The average Bonchev–Trinajstić information content (AvgIpc) is 2.84. The highest BCUT2D eigenvalue weighted by Crippen LogP contribution is 2.17. The maximum atomic E-state index is 11.7. The van der Waals surface area contributed by atoms with Crippen LogP contribution in [0.5, 0.6) is 0 Å². The Balaban J connectivity index is 2.29. The molecule has 0 aliphatic carbocycles. The molecule has 8 heteroatoms. The van der Waals surface area contributed by atoms with Crippen LogP contribution in [0.4, 0.5) is 0 Å². The van der Waals surface area contributed by atoms with Crippen molar-refractivity contribution in [2.24, 2.45) is 0 Å². The van der Waals surface area contributed by atoms with E-state index in [-0.39, 0.29) is 18.2 Å². The van der Waals surface area contributed by atoms with E-state index in [1.165, 1.54) is 4.68 Å². The fourth-order valence-electron chi connectivity index (χ4n) is 1.64. The van der Waals surface area contributed by atoms with E-state index in [1.807, 2.05) is 0 Å². The minimum absolute atomic E-state index is 0.101. The van der Waals surface area contributed by atoms with Crippen molar-refractivity contribution >= 4 is 29.2 Å². The van der Waals surface area contributed by atoms with E-state index in [2.05, 4.69) is 15.3 Å². The number of hydrogen-bond donors (Lipinski definition) is 0. The highest BCUT2D eigenvalue weighted by Gasteiger charge is 2.20. The fraction of sp³-hybridized carbons (Fsp3) is 0.333. The lowest BCUT2D eigenvalue weighted by Gasteiger charge is -2.06. The molecule has 0 aromatic carbocycles. The van der Waals surface area contributed by atoms with Gasteiger partial charge in [-0.25, -0.2) is 9.48 Å². The summed E-state index contributed by atoms with van der Waals surface area (Å²) >= 11 is 11.9. The van der Waals surface area contributed by atoms with Gasteiger partial charge in [-0.3, -0.25) is 4.98 Å². The topological polar surface area (TPSA) is 69.9 Å². The number of halogens is 2. The molecule has 0 radical (unpaired) electrons. The highest BCUT2D eigenvalue weighted by molar-refractivity contribution is 6.31. The number of aromatic nitrogens is 4. The lowest BCUT2D eigenvalue weighted by molar-refractivity contribution is 0.0518. The monoisotopic (exact) mass is 314 g/mol. The smallest absolute Gasteiger partial charge is 0.360 e. The number of ether oxygens (including phenoxy) is 1. The number of carbonyl (C=O) groups is 1. The van der Waals surface area contributed by atoms with Crippen LogP contribution in [0.25, 0.3) is 0 Å². The van der Waals surface area contributed by atoms with Gasteiger partial charge in [0.2, 0.25) is 0 Å². The summed E-state index contributed by atoms with van der Waals surface area (Å²) in [6, 6.07) is 1.77. The summed E-state index contributed by atoms with van der Waals surface area (Å²) in [5.41, 5.74) is 1.44. The molecule has 2 aromatic rings. The van der Waals surface area contributed by atoms with Crippen LogP contribution in [0.3, 0.4) is 0 Å². The molecule has 0 saturated heterocycles. The first-order valence-corrected chi connectivity index (χ1v) is 6.82. The van der Waals surface area contributed by atoms with Gasteiger partial charge in [-0.1, -0.05) is 16.8 Å². The zero-order valence-electron chi connectivity index (χ0n) is 10.7. The fourth-order valence-corrected chi connectivity index (χ4v) is 2.09. The van der Waals surface area contributed by atoms with Crippen molar-refractivity contribution in [3.63, 3.8) is 0 Å². The Morgan fingerprint density at radius 2 is 2.30 bits per heavy atom. The molecule has 0 bridgehead atoms. The largest absolute Gasteiger partial charge is 0.461 e. The second kappa shape index (κ2) is 6.67. The average molecular weight is 315 g/mol. The minimum atomic E-state index is -0.532. The first kappa shape index (κ1) is 14.7. The van der Waals surface area contributed by atoms with E-state index in [9.17, 15) is 4.79 Å². The van der Waals surface area contributed by atoms with Crippen molar-refractivity contribution < 1.29 is 9.53 Å². The molecular weight excluding hydrogens is 303 g/mol. The molecule has 0 amide bonds. The summed E-state index contributed by atoms with van der Waals surface area (Å²) in [6.07, 6.45) is 3.17. The van der Waals surface area contributed by atoms with E-state index < -0.39 is 5.97 Å². The van der Waals surface area contributed by atoms with E-state index in [0.717, 1.165) is 5.56 Å². The van der Waals surface area contributed by atoms with Gasteiger partial charge in [-0.15, -0.1) is 16.7 Å². The van der Waals surface area contributed by atoms with Gasteiger partial charge in [0, 0.05) is 12.4 Å². The lowest BCUT2D eigenvalue weighted by atomic mass is 10.2. The predicted molar refractivity (Wildman–Crippen MR) is 73.9 cm³/mol. The molecule has 0 unspecified atom stereocenters. The summed E-state index contributed by atoms with van der Waals surface area (Å²) < 4.78 is 6.44. The molecule has 0 aliphatic rings. The van der Waals surface area contributed by atoms with Crippen molar-refractivity contribution in [2.45, 2.75) is 19.3 Å². The molecule has 106 valence electrons. The molecule has 20 heavy (non-hydrogen) atoms. The maximum Gasteiger partial charge on any atom is 0.360 e. The quantitative estimate of drug-likeness (QED) is 0.625. The standard InChI is InChI=1S/C12H12Cl2N4O2/c1-2-20-12(19)11-10(5-13)18(17-16-11)7-8-3-4-15-6-9(8)14/h3-4,6H,2,5,7H2,1H3. The van der Waals surface area contributed by atoms with E-state index in [0.29, 0.717) is 17.3 Å². The number of rotatable bonds is 5. The van der Waals surface area contributed by atoms with Gasteiger partial charge >= 0.3 is 5.97 Å². The summed E-state index contributed by atoms with van der Waals surface area (Å²) in [5.74, 6) is -0.431. The summed E-state index contributed by atoms with van der Waals surface area (Å²) in [6.45, 7) is 2.35. The van der Waals surface area contributed by atoms with E-state index in [4.69, 9.17) is 27.9 Å². The van der Waals surface area contributed by atoms with E-state index in [1.54, 1.807) is 25.4 Å². The molecule has 0 aliphatic heterocycles. The number of carbonyl (C=O) groups excluding carboxylic acids is 1. The van der Waals surface area contributed by atoms with Gasteiger partial charge in [0.15, 0.2) is 5.69 Å². The molecule has 0 N–H and O–H groups in total. The van der Waals surface area contributed by atoms with Crippen LogP contribution in [0.15, 0.2) is 18.5 Å². The van der Waals surface area contributed by atoms with Gasteiger partial charge in [0.1, 0.15) is 0 Å². The normalized spacial score (nSPS) is 10.6. The van der Waals surface area contributed by atoms with Crippen LogP contribution in [0, 0.1) is 0 Å². The van der Waals surface area contributed by atoms with Gasteiger partial charge in [0.05, 0.1) is 29.7 Å². The molecule has 0 fully saturated rings. The Kier molecular flexibility index (Phi) is 4.92. The highest BCUT2D eigenvalue weighted by atomic mass is 35.5. The first-order valence-electron chi connectivity index (χ1n) is 5.91. The van der Waals surface area contributed by atoms with Crippen LogP contribution in [-0.4, -0.2) is 32.6 Å². The number of pyridine rings is 1. The van der Waals surface area contributed by atoms with Crippen molar-refractivity contribution in [2.75, 3.05) is 6.61 Å². The number of hydrogen-bond acceptors (Lipinski definition) is 5. The van der Waals surface area contributed by atoms with Gasteiger partial charge in [-0.05, 0) is 18.6 Å². The maximum absolute atomic E-state index is 11.7. The second-order valence-corrected chi connectivity index (χ2v) is 4.54. The molecule has 2 heterocycles. The zero-order chi connectivity index (χ0) is 14.5. The van der Waals surface area contributed by atoms with Crippen molar-refractivity contribution in [3.05, 3.63) is 40.4 Å². The van der Waals surface area contributed by atoms with Crippen LogP contribution in [-0.2, 0) is 17.2 Å². The zero-order valence-corrected chi connectivity index (χ0v) is 12.2. The van der Waals surface area contributed by atoms with Gasteiger partial charge in [0.25, 0.3) is 0 Å². The molecule has 0 saturated carbocycles. The third-order valence-electron chi connectivity index (χ3n) is 2.61. The third-order valence-corrected chi connectivity index (χ3v) is 3.20. The number of esters is 1. The first-order chi connectivity index (χ1) is 9.67. The van der Waals surface area contributed by atoms with Gasteiger partial charge in [-0.2, -0.15) is 0 Å². The Hall–Kier alpha value is -1.66. The van der Waals surface area contributed by atoms with Crippen molar-refractivity contribution in [3.8, 4) is 0 Å². The Morgan fingerprint density at radius 3 is 2.95 bits per heavy atom. The SMILES string of the molecule is CCOC(=O)c1nnn(Cc2ccncc2Cl)c1CCl. The van der Waals surface area contributed by atoms with Crippen LogP contribution in [0.2, 0.25) is 5.02 Å². The summed E-state index contributed by atoms with van der Waals surface area (Å²) in [7, 11) is 0. The molecule has 6 nitrogen and oxygen atoms in total. The summed E-state index contributed by atoms with van der Waals surface area (Å²) in [4.78, 5) is 15.6. The van der Waals surface area contributed by atoms with E-state index >= 15 is 0 Å². The molecule has 2 rings (SSSR count). The molecule has 0 spiro atoms. The number of alkyl halides is 1. The van der Waals surface area contributed by atoms with Crippen LogP contribution >= 0.6 is 23.2 Å². The van der Waals surface area contributed by atoms with Gasteiger partial charge < -0.3 is 4.74 Å². The number of nitrogens with zero attached hydrogens (tertiary/aromatic N) is 4. The third kappa shape index (κ3) is 3.08. The molecule has 2 aromatic heterocycles. The van der Waals surface area contributed by atoms with Crippen molar-refractivity contribution in [1.29, 1.82) is 0 Å². The second-order valence-electron chi connectivity index (χ2n) is 3.86. The lowest BCUT2D eigenvalue weighted by Crippen LogP contribution is -2.10. The minimum Gasteiger partial charge on any atom is -0.461 e. The molecular formula is C12H12Cl2N4O2. The molecule has 0 atom stereocenters. The van der Waals surface area contributed by atoms with Crippen molar-refractivity contribution in [1.82, 2.24) is 20.0 Å². The Morgan fingerprint density at radius 1 is 1.50 bits per heavy atom. The summed E-state index contributed by atoms with van der Waals surface area (Å²) in [5, 5.41) is 8.27. The Labute approximate surface area is 125 Å².